The van der Waals surface area contributed by atoms with Crippen molar-refractivity contribution >= 4 is 0 Å². The Balaban J connectivity index is 2.16. The van der Waals surface area contributed by atoms with Gasteiger partial charge in [-0.05, 0) is 50.0 Å². The Bertz CT molecular complexity index is 421. The first-order valence-corrected chi connectivity index (χ1v) is 7.75. The molecule has 3 heteroatoms. The van der Waals surface area contributed by atoms with Crippen molar-refractivity contribution in [3.63, 3.8) is 0 Å². The third-order valence-electron chi connectivity index (χ3n) is 4.59. The fourth-order valence-electron chi connectivity index (χ4n) is 3.26. The smallest absolute Gasteiger partial charge is 0.124 e. The fourth-order valence-corrected chi connectivity index (χ4v) is 3.26. The molecule has 0 aromatic heterocycles. The first-order valence-electron chi connectivity index (χ1n) is 7.75. The average Bonchev–Trinajstić information content (AvgIpc) is 2.43. The molecular formula is C17H28N2O. The van der Waals surface area contributed by atoms with Crippen LogP contribution in [0.5, 0.6) is 5.75 Å². The number of para-hydroxylation sites is 1. The summed E-state index contributed by atoms with van der Waals surface area (Å²) in [5.74, 6) is 7.42. The summed E-state index contributed by atoms with van der Waals surface area (Å²) in [6.07, 6.45) is 4.99. The van der Waals surface area contributed by atoms with Gasteiger partial charge in [-0.3, -0.25) is 11.3 Å². The van der Waals surface area contributed by atoms with Crippen molar-refractivity contribution in [1.29, 1.82) is 0 Å². The second-order valence-electron chi connectivity index (χ2n) is 6.62. The van der Waals surface area contributed by atoms with E-state index >= 15 is 0 Å². The molecular weight excluding hydrogens is 248 g/mol. The number of hydrazine groups is 1. The van der Waals surface area contributed by atoms with Crippen molar-refractivity contribution in [2.75, 3.05) is 6.61 Å². The predicted octanol–water partition coefficient (Wildman–Crippen LogP) is 3.81. The lowest BCUT2D eigenvalue weighted by atomic mass is 9.70. The van der Waals surface area contributed by atoms with Crippen LogP contribution in [0.2, 0.25) is 0 Å². The molecule has 1 saturated carbocycles. The highest BCUT2D eigenvalue weighted by atomic mass is 16.5. The molecule has 1 fully saturated rings. The van der Waals surface area contributed by atoms with Crippen molar-refractivity contribution < 1.29 is 4.74 Å². The monoisotopic (exact) mass is 276 g/mol. The van der Waals surface area contributed by atoms with Crippen LogP contribution in [0, 0.1) is 11.3 Å². The summed E-state index contributed by atoms with van der Waals surface area (Å²) < 4.78 is 5.76. The predicted molar refractivity (Wildman–Crippen MR) is 83.4 cm³/mol. The lowest BCUT2D eigenvalue weighted by Gasteiger charge is -2.38. The molecule has 0 aliphatic heterocycles. The quantitative estimate of drug-likeness (QED) is 0.635. The largest absolute Gasteiger partial charge is 0.494 e. The minimum Gasteiger partial charge on any atom is -0.494 e. The molecule has 0 saturated heterocycles. The molecule has 0 amide bonds. The Labute approximate surface area is 122 Å². The molecule has 112 valence electrons. The Morgan fingerprint density at radius 2 is 1.95 bits per heavy atom. The van der Waals surface area contributed by atoms with Gasteiger partial charge in [0.25, 0.3) is 0 Å². The zero-order valence-electron chi connectivity index (χ0n) is 13.0. The van der Waals surface area contributed by atoms with E-state index in [2.05, 4.69) is 31.4 Å². The van der Waals surface area contributed by atoms with Crippen LogP contribution in [0.15, 0.2) is 24.3 Å². The highest BCUT2D eigenvalue weighted by Crippen LogP contribution is 2.43. The van der Waals surface area contributed by atoms with Crippen LogP contribution in [0.1, 0.15) is 58.1 Å². The van der Waals surface area contributed by atoms with Gasteiger partial charge in [0.05, 0.1) is 12.6 Å². The van der Waals surface area contributed by atoms with Crippen molar-refractivity contribution in [2.24, 2.45) is 17.2 Å². The molecule has 2 rings (SSSR count). The second kappa shape index (κ2) is 6.59. The molecule has 3 nitrogen and oxygen atoms in total. The number of benzene rings is 1. The van der Waals surface area contributed by atoms with Crippen LogP contribution in [0.25, 0.3) is 0 Å². The number of hydrogen-bond acceptors (Lipinski definition) is 3. The summed E-state index contributed by atoms with van der Waals surface area (Å²) in [7, 11) is 0. The van der Waals surface area contributed by atoms with Crippen LogP contribution in [0.3, 0.4) is 0 Å². The molecule has 0 spiro atoms. The van der Waals surface area contributed by atoms with Crippen LogP contribution in [-0.4, -0.2) is 6.61 Å². The van der Waals surface area contributed by atoms with E-state index in [1.807, 2.05) is 19.1 Å². The van der Waals surface area contributed by atoms with Crippen molar-refractivity contribution in [2.45, 2.75) is 52.5 Å². The fraction of sp³-hybridized carbons (Fsp3) is 0.647. The molecule has 20 heavy (non-hydrogen) atoms. The van der Waals surface area contributed by atoms with Crippen molar-refractivity contribution in [3.8, 4) is 5.75 Å². The van der Waals surface area contributed by atoms with E-state index in [0.717, 1.165) is 5.75 Å². The Kier molecular flexibility index (Phi) is 5.06. The number of nitrogens with two attached hydrogens (primary N) is 1. The zero-order valence-corrected chi connectivity index (χ0v) is 13.0. The summed E-state index contributed by atoms with van der Waals surface area (Å²) in [6, 6.07) is 8.44. The van der Waals surface area contributed by atoms with E-state index in [9.17, 15) is 0 Å². The van der Waals surface area contributed by atoms with Crippen LogP contribution >= 0.6 is 0 Å². The normalized spacial score (nSPS) is 20.6. The molecule has 1 aromatic rings. The molecule has 0 radical (unpaired) electrons. The molecule has 1 unspecified atom stereocenters. The molecule has 0 bridgehead atoms. The lowest BCUT2D eigenvalue weighted by Crippen LogP contribution is -2.36. The minimum atomic E-state index is 0.189. The standard InChI is InChI=1S/C17H28N2O/c1-4-20-15-8-6-5-7-14(15)16(19-18)13-9-11-17(2,3)12-10-13/h5-8,13,16,19H,4,9-12,18H2,1-3H3. The molecule has 3 N–H and O–H groups in total. The third kappa shape index (κ3) is 3.53. The summed E-state index contributed by atoms with van der Waals surface area (Å²) in [6.45, 7) is 7.43. The molecule has 1 aliphatic carbocycles. The van der Waals surface area contributed by atoms with E-state index in [4.69, 9.17) is 10.6 Å². The van der Waals surface area contributed by atoms with Crippen LogP contribution in [0.4, 0.5) is 0 Å². The minimum absolute atomic E-state index is 0.189. The third-order valence-corrected chi connectivity index (χ3v) is 4.59. The second-order valence-corrected chi connectivity index (χ2v) is 6.62. The van der Waals surface area contributed by atoms with E-state index in [1.165, 1.54) is 31.2 Å². The van der Waals surface area contributed by atoms with Crippen molar-refractivity contribution in [3.05, 3.63) is 29.8 Å². The topological polar surface area (TPSA) is 47.3 Å². The summed E-state index contributed by atoms with van der Waals surface area (Å²) in [5.41, 5.74) is 4.71. The van der Waals surface area contributed by atoms with Gasteiger partial charge in [0.2, 0.25) is 0 Å². The van der Waals surface area contributed by atoms with Gasteiger partial charge in [0, 0.05) is 5.56 Å². The maximum atomic E-state index is 5.86. The number of ether oxygens (including phenoxy) is 1. The number of rotatable bonds is 5. The van der Waals surface area contributed by atoms with E-state index in [0.29, 0.717) is 17.9 Å². The zero-order chi connectivity index (χ0) is 14.6. The highest BCUT2D eigenvalue weighted by molar-refractivity contribution is 5.36. The summed E-state index contributed by atoms with van der Waals surface area (Å²) >= 11 is 0. The Morgan fingerprint density at radius 3 is 2.55 bits per heavy atom. The van der Waals surface area contributed by atoms with Gasteiger partial charge in [0.1, 0.15) is 5.75 Å². The Hall–Kier alpha value is -1.06. The van der Waals surface area contributed by atoms with E-state index in [1.54, 1.807) is 0 Å². The average molecular weight is 276 g/mol. The molecule has 1 atom stereocenters. The molecule has 1 aromatic carbocycles. The van der Waals surface area contributed by atoms with Crippen LogP contribution < -0.4 is 16.0 Å². The number of hydrogen-bond donors (Lipinski definition) is 2. The molecule has 1 aliphatic rings. The summed E-state index contributed by atoms with van der Waals surface area (Å²) in [4.78, 5) is 0. The van der Waals surface area contributed by atoms with Gasteiger partial charge in [-0.2, -0.15) is 0 Å². The van der Waals surface area contributed by atoms with Gasteiger partial charge in [-0.15, -0.1) is 0 Å². The van der Waals surface area contributed by atoms with Gasteiger partial charge < -0.3 is 4.74 Å². The van der Waals surface area contributed by atoms with E-state index < -0.39 is 0 Å². The Morgan fingerprint density at radius 1 is 1.30 bits per heavy atom. The number of nitrogens with one attached hydrogen (secondary N) is 1. The first-order chi connectivity index (χ1) is 9.57. The van der Waals surface area contributed by atoms with Crippen molar-refractivity contribution in [1.82, 2.24) is 5.43 Å². The summed E-state index contributed by atoms with van der Waals surface area (Å²) in [5, 5.41) is 0. The SMILES string of the molecule is CCOc1ccccc1C(NN)C1CCC(C)(C)CC1. The maximum Gasteiger partial charge on any atom is 0.124 e. The molecule has 0 heterocycles. The van der Waals surface area contributed by atoms with Gasteiger partial charge >= 0.3 is 0 Å². The van der Waals surface area contributed by atoms with Gasteiger partial charge in [-0.25, -0.2) is 0 Å². The van der Waals surface area contributed by atoms with E-state index in [-0.39, 0.29) is 6.04 Å². The van der Waals surface area contributed by atoms with Gasteiger partial charge in [-0.1, -0.05) is 32.0 Å². The van der Waals surface area contributed by atoms with Crippen LogP contribution in [-0.2, 0) is 0 Å². The maximum absolute atomic E-state index is 5.86. The first kappa shape index (κ1) is 15.3. The van der Waals surface area contributed by atoms with Gasteiger partial charge in [0.15, 0.2) is 0 Å². The highest BCUT2D eigenvalue weighted by Gasteiger charge is 2.32. The lowest BCUT2D eigenvalue weighted by molar-refractivity contribution is 0.160.